The van der Waals surface area contributed by atoms with Crippen LogP contribution in [0.5, 0.6) is 11.5 Å². The van der Waals surface area contributed by atoms with Gasteiger partial charge in [0.1, 0.15) is 0 Å². The van der Waals surface area contributed by atoms with E-state index >= 15 is 0 Å². The predicted molar refractivity (Wildman–Crippen MR) is 83.8 cm³/mol. The standard InChI is InChI=1S/C16H26N2O3/c1-6-20-14-9-7-8-13(10-17-4)16(14)21-11-15(19)18(5)12(2)3/h7-9,12,17H,6,10-11H2,1-5H3. The molecule has 1 aromatic carbocycles. The van der Waals surface area contributed by atoms with Crippen LogP contribution in [0.25, 0.3) is 0 Å². The minimum absolute atomic E-state index is 0.00941. The van der Waals surface area contributed by atoms with Crippen LogP contribution >= 0.6 is 0 Å². The smallest absolute Gasteiger partial charge is 0.260 e. The highest BCUT2D eigenvalue weighted by Gasteiger charge is 2.16. The number of ether oxygens (including phenoxy) is 2. The second kappa shape index (κ2) is 8.52. The Labute approximate surface area is 127 Å². The lowest BCUT2D eigenvalue weighted by Crippen LogP contribution is -2.36. The summed E-state index contributed by atoms with van der Waals surface area (Å²) in [6, 6.07) is 5.90. The average molecular weight is 294 g/mol. The number of benzene rings is 1. The minimum atomic E-state index is -0.0493. The van der Waals surface area contributed by atoms with E-state index in [0.29, 0.717) is 24.7 Å². The second-order valence-corrected chi connectivity index (χ2v) is 5.09. The van der Waals surface area contributed by atoms with E-state index in [9.17, 15) is 4.79 Å². The Morgan fingerprint density at radius 3 is 2.62 bits per heavy atom. The van der Waals surface area contributed by atoms with Crippen LogP contribution < -0.4 is 14.8 Å². The maximum atomic E-state index is 12.0. The molecule has 0 bridgehead atoms. The molecule has 0 saturated carbocycles. The lowest BCUT2D eigenvalue weighted by molar-refractivity contribution is -0.133. The van der Waals surface area contributed by atoms with E-state index in [1.807, 2.05) is 46.0 Å². The monoisotopic (exact) mass is 294 g/mol. The Morgan fingerprint density at radius 2 is 2.05 bits per heavy atom. The van der Waals surface area contributed by atoms with Gasteiger partial charge in [-0.15, -0.1) is 0 Å². The van der Waals surface area contributed by atoms with Crippen LogP contribution in [0.15, 0.2) is 18.2 Å². The molecule has 0 radical (unpaired) electrons. The molecular weight excluding hydrogens is 268 g/mol. The van der Waals surface area contributed by atoms with E-state index in [1.54, 1.807) is 11.9 Å². The molecule has 1 amide bonds. The van der Waals surface area contributed by atoms with E-state index in [0.717, 1.165) is 5.56 Å². The van der Waals surface area contributed by atoms with Gasteiger partial charge in [-0.3, -0.25) is 4.79 Å². The lowest BCUT2D eigenvalue weighted by atomic mass is 10.2. The first kappa shape index (κ1) is 17.3. The van der Waals surface area contributed by atoms with E-state index in [2.05, 4.69) is 5.32 Å². The summed E-state index contributed by atoms with van der Waals surface area (Å²) in [5.41, 5.74) is 0.975. The zero-order chi connectivity index (χ0) is 15.8. The Hall–Kier alpha value is -1.75. The summed E-state index contributed by atoms with van der Waals surface area (Å²) in [6.07, 6.45) is 0. The number of carbonyl (C=O) groups is 1. The molecule has 5 nitrogen and oxygen atoms in total. The maximum absolute atomic E-state index is 12.0. The van der Waals surface area contributed by atoms with Gasteiger partial charge in [-0.1, -0.05) is 12.1 Å². The molecule has 0 aliphatic carbocycles. The summed E-state index contributed by atoms with van der Waals surface area (Å²) in [5, 5.41) is 3.09. The maximum Gasteiger partial charge on any atom is 0.260 e. The summed E-state index contributed by atoms with van der Waals surface area (Å²) < 4.78 is 11.3. The van der Waals surface area contributed by atoms with E-state index in [4.69, 9.17) is 9.47 Å². The van der Waals surface area contributed by atoms with Crippen LogP contribution in [0.2, 0.25) is 0 Å². The number of carbonyl (C=O) groups excluding carboxylic acids is 1. The molecule has 5 heteroatoms. The molecule has 118 valence electrons. The number of likely N-dealkylation sites (N-methyl/N-ethyl adjacent to an activating group) is 1. The topological polar surface area (TPSA) is 50.8 Å². The van der Waals surface area contributed by atoms with Gasteiger partial charge in [0.05, 0.1) is 6.61 Å². The number of nitrogens with zero attached hydrogens (tertiary/aromatic N) is 1. The Morgan fingerprint density at radius 1 is 1.33 bits per heavy atom. The van der Waals surface area contributed by atoms with Gasteiger partial charge < -0.3 is 19.7 Å². The van der Waals surface area contributed by atoms with Crippen LogP contribution in [0.4, 0.5) is 0 Å². The van der Waals surface area contributed by atoms with Gasteiger partial charge in [-0.25, -0.2) is 0 Å². The van der Waals surface area contributed by atoms with Crippen molar-refractivity contribution in [1.29, 1.82) is 0 Å². The van der Waals surface area contributed by atoms with Crippen molar-refractivity contribution < 1.29 is 14.3 Å². The van der Waals surface area contributed by atoms with Crippen molar-refractivity contribution in [2.24, 2.45) is 0 Å². The van der Waals surface area contributed by atoms with E-state index in [1.165, 1.54) is 0 Å². The van der Waals surface area contributed by atoms with Gasteiger partial charge in [0, 0.05) is 25.2 Å². The number of rotatable bonds is 8. The van der Waals surface area contributed by atoms with Crippen LogP contribution in [0, 0.1) is 0 Å². The molecule has 0 atom stereocenters. The van der Waals surface area contributed by atoms with Crippen molar-refractivity contribution in [2.75, 3.05) is 27.3 Å². The fourth-order valence-corrected chi connectivity index (χ4v) is 1.85. The highest BCUT2D eigenvalue weighted by atomic mass is 16.5. The first-order valence-electron chi connectivity index (χ1n) is 7.29. The Kier molecular flexibility index (Phi) is 7.02. The molecule has 0 fully saturated rings. The zero-order valence-corrected chi connectivity index (χ0v) is 13.6. The van der Waals surface area contributed by atoms with Gasteiger partial charge in [0.2, 0.25) is 0 Å². The Balaban J connectivity index is 2.86. The minimum Gasteiger partial charge on any atom is -0.490 e. The number of hydrogen-bond acceptors (Lipinski definition) is 4. The summed E-state index contributed by atoms with van der Waals surface area (Å²) in [6.45, 7) is 7.09. The average Bonchev–Trinajstić information content (AvgIpc) is 2.46. The third kappa shape index (κ3) is 4.93. The fourth-order valence-electron chi connectivity index (χ4n) is 1.85. The largest absolute Gasteiger partial charge is 0.490 e. The first-order chi connectivity index (χ1) is 10.0. The summed E-state index contributed by atoms with van der Waals surface area (Å²) >= 11 is 0. The van der Waals surface area contributed by atoms with Gasteiger partial charge in [-0.2, -0.15) is 0 Å². The molecule has 0 saturated heterocycles. The zero-order valence-electron chi connectivity index (χ0n) is 13.6. The number of nitrogens with one attached hydrogen (secondary N) is 1. The first-order valence-corrected chi connectivity index (χ1v) is 7.29. The van der Waals surface area contributed by atoms with Crippen molar-refractivity contribution >= 4 is 5.91 Å². The van der Waals surface area contributed by atoms with Crippen LogP contribution in [-0.4, -0.2) is 44.2 Å². The molecule has 1 aromatic rings. The third-order valence-electron chi connectivity index (χ3n) is 3.24. The van der Waals surface area contributed by atoms with Gasteiger partial charge in [-0.05, 0) is 33.9 Å². The molecule has 1 N–H and O–H groups in total. The highest BCUT2D eigenvalue weighted by Crippen LogP contribution is 2.31. The molecule has 0 unspecified atom stereocenters. The highest BCUT2D eigenvalue weighted by molar-refractivity contribution is 5.77. The van der Waals surface area contributed by atoms with Gasteiger partial charge in [0.15, 0.2) is 18.1 Å². The van der Waals surface area contributed by atoms with Crippen molar-refractivity contribution in [3.63, 3.8) is 0 Å². The summed E-state index contributed by atoms with van der Waals surface area (Å²) in [7, 11) is 3.65. The molecule has 21 heavy (non-hydrogen) atoms. The molecule has 0 aliphatic heterocycles. The fraction of sp³-hybridized carbons (Fsp3) is 0.562. The number of amides is 1. The SMILES string of the molecule is CCOc1cccc(CNC)c1OCC(=O)N(C)C(C)C. The summed E-state index contributed by atoms with van der Waals surface area (Å²) in [4.78, 5) is 13.7. The molecule has 1 rings (SSSR count). The van der Waals surface area contributed by atoms with E-state index < -0.39 is 0 Å². The quantitative estimate of drug-likeness (QED) is 0.797. The third-order valence-corrected chi connectivity index (χ3v) is 3.24. The lowest BCUT2D eigenvalue weighted by Gasteiger charge is -2.22. The second-order valence-electron chi connectivity index (χ2n) is 5.09. The van der Waals surface area contributed by atoms with Crippen molar-refractivity contribution in [2.45, 2.75) is 33.4 Å². The summed E-state index contributed by atoms with van der Waals surface area (Å²) in [5.74, 6) is 1.26. The van der Waals surface area contributed by atoms with Crippen LogP contribution in [-0.2, 0) is 11.3 Å². The molecular formula is C16H26N2O3. The van der Waals surface area contributed by atoms with Gasteiger partial charge >= 0.3 is 0 Å². The van der Waals surface area contributed by atoms with E-state index in [-0.39, 0.29) is 18.6 Å². The predicted octanol–water partition coefficient (Wildman–Crippen LogP) is 2.05. The molecule has 0 aromatic heterocycles. The van der Waals surface area contributed by atoms with Crippen LogP contribution in [0.3, 0.4) is 0 Å². The molecule has 0 heterocycles. The number of para-hydroxylation sites is 1. The number of hydrogen-bond donors (Lipinski definition) is 1. The van der Waals surface area contributed by atoms with Gasteiger partial charge in [0.25, 0.3) is 5.91 Å². The molecule has 0 aliphatic rings. The van der Waals surface area contributed by atoms with Crippen molar-refractivity contribution in [3.8, 4) is 11.5 Å². The van der Waals surface area contributed by atoms with Crippen LogP contribution in [0.1, 0.15) is 26.3 Å². The normalized spacial score (nSPS) is 10.6. The Bertz CT molecular complexity index is 437. The van der Waals surface area contributed by atoms with Crippen molar-refractivity contribution in [1.82, 2.24) is 10.2 Å². The van der Waals surface area contributed by atoms with Crippen molar-refractivity contribution in [3.05, 3.63) is 23.8 Å². The molecule has 0 spiro atoms.